The van der Waals surface area contributed by atoms with Gasteiger partial charge in [0.2, 0.25) is 0 Å². The lowest BCUT2D eigenvalue weighted by Crippen LogP contribution is -2.29. The number of halogens is 1. The average Bonchev–Trinajstić information content (AvgIpc) is 3.07. The fourth-order valence-corrected chi connectivity index (χ4v) is 4.33. The van der Waals surface area contributed by atoms with E-state index in [1.54, 1.807) is 42.5 Å². The van der Waals surface area contributed by atoms with E-state index >= 15 is 0 Å². The summed E-state index contributed by atoms with van der Waals surface area (Å²) in [6.07, 6.45) is 0. The number of para-hydroxylation sites is 1. The predicted octanol–water partition coefficient (Wildman–Crippen LogP) is 5.90. The van der Waals surface area contributed by atoms with E-state index in [0.29, 0.717) is 27.6 Å². The number of carbonyl (C=O) groups is 2. The standard InChI is InChI=1S/C27H24ClNO4/c1-15-9-10-16(2)20(13-15)25(30)23-24(19-7-5-6-8-22(19)33-4)29(27(32)26(23)31)18-12-11-17(3)21(28)14-18/h5-14,24,30H,1-4H3/b25-23+. The molecule has 3 aromatic rings. The first-order chi connectivity index (χ1) is 15.7. The number of nitrogens with zero attached hydrogens (tertiary/aromatic N) is 1. The first-order valence-electron chi connectivity index (χ1n) is 10.5. The number of ether oxygens (including phenoxy) is 1. The Hall–Kier alpha value is -3.57. The van der Waals surface area contributed by atoms with Crippen LogP contribution in [0.25, 0.3) is 5.76 Å². The van der Waals surface area contributed by atoms with Crippen molar-refractivity contribution in [1.82, 2.24) is 0 Å². The molecule has 168 valence electrons. The zero-order valence-corrected chi connectivity index (χ0v) is 19.6. The first-order valence-corrected chi connectivity index (χ1v) is 10.9. The van der Waals surface area contributed by atoms with E-state index in [2.05, 4.69) is 0 Å². The van der Waals surface area contributed by atoms with Crippen LogP contribution in [-0.4, -0.2) is 23.9 Å². The van der Waals surface area contributed by atoms with Crippen LogP contribution in [0.4, 0.5) is 5.69 Å². The number of methoxy groups -OCH3 is 1. The van der Waals surface area contributed by atoms with Gasteiger partial charge in [-0.3, -0.25) is 14.5 Å². The summed E-state index contributed by atoms with van der Waals surface area (Å²) >= 11 is 6.35. The summed E-state index contributed by atoms with van der Waals surface area (Å²) in [6, 6.07) is 17.1. The van der Waals surface area contributed by atoms with E-state index in [0.717, 1.165) is 16.7 Å². The van der Waals surface area contributed by atoms with Gasteiger partial charge in [-0.15, -0.1) is 0 Å². The Morgan fingerprint density at radius 1 is 0.970 bits per heavy atom. The molecule has 0 bridgehead atoms. The summed E-state index contributed by atoms with van der Waals surface area (Å²) in [5.74, 6) is -1.22. The van der Waals surface area contributed by atoms with Gasteiger partial charge in [0, 0.05) is 21.8 Å². The lowest BCUT2D eigenvalue weighted by molar-refractivity contribution is -0.132. The predicted molar refractivity (Wildman–Crippen MR) is 130 cm³/mol. The van der Waals surface area contributed by atoms with E-state index in [1.807, 2.05) is 39.0 Å². The number of carbonyl (C=O) groups excluding carboxylic acids is 2. The van der Waals surface area contributed by atoms with Crippen LogP contribution in [0.2, 0.25) is 5.02 Å². The Labute approximate surface area is 197 Å². The van der Waals surface area contributed by atoms with Crippen molar-refractivity contribution in [3.63, 3.8) is 0 Å². The van der Waals surface area contributed by atoms with Crippen LogP contribution in [0.15, 0.2) is 66.2 Å². The quantitative estimate of drug-likeness (QED) is 0.298. The Kier molecular flexibility index (Phi) is 6.00. The van der Waals surface area contributed by atoms with Gasteiger partial charge in [0.15, 0.2) is 0 Å². The van der Waals surface area contributed by atoms with Gasteiger partial charge < -0.3 is 9.84 Å². The van der Waals surface area contributed by atoms with E-state index in [1.165, 1.54) is 12.0 Å². The molecule has 0 aliphatic carbocycles. The molecule has 0 radical (unpaired) electrons. The van der Waals surface area contributed by atoms with Crippen molar-refractivity contribution in [2.24, 2.45) is 0 Å². The van der Waals surface area contributed by atoms with Crippen LogP contribution in [-0.2, 0) is 9.59 Å². The third-order valence-electron chi connectivity index (χ3n) is 5.96. The van der Waals surface area contributed by atoms with Crippen molar-refractivity contribution in [2.45, 2.75) is 26.8 Å². The van der Waals surface area contributed by atoms with Gasteiger partial charge in [-0.2, -0.15) is 0 Å². The molecule has 1 heterocycles. The summed E-state index contributed by atoms with van der Waals surface area (Å²) in [5.41, 5.74) is 4.13. The van der Waals surface area contributed by atoms with Crippen LogP contribution in [0.3, 0.4) is 0 Å². The number of aryl methyl sites for hydroxylation is 3. The van der Waals surface area contributed by atoms with E-state index in [4.69, 9.17) is 16.3 Å². The lowest BCUT2D eigenvalue weighted by Gasteiger charge is -2.27. The van der Waals surface area contributed by atoms with Crippen LogP contribution in [0, 0.1) is 20.8 Å². The van der Waals surface area contributed by atoms with Crippen molar-refractivity contribution >= 4 is 34.7 Å². The highest BCUT2D eigenvalue weighted by Crippen LogP contribution is 2.45. The number of Topliss-reactive ketones (excluding diaryl/α,β-unsaturated/α-hetero) is 1. The Bertz CT molecular complexity index is 1310. The molecule has 0 saturated carbocycles. The van der Waals surface area contributed by atoms with Gasteiger partial charge in [0.25, 0.3) is 11.7 Å². The minimum Gasteiger partial charge on any atom is -0.507 e. The molecule has 1 aliphatic heterocycles. The topological polar surface area (TPSA) is 66.8 Å². The summed E-state index contributed by atoms with van der Waals surface area (Å²) in [7, 11) is 1.53. The zero-order valence-electron chi connectivity index (χ0n) is 18.8. The molecule has 6 heteroatoms. The van der Waals surface area contributed by atoms with Crippen LogP contribution < -0.4 is 9.64 Å². The molecule has 33 heavy (non-hydrogen) atoms. The molecule has 0 spiro atoms. The number of rotatable bonds is 4. The number of hydrogen-bond acceptors (Lipinski definition) is 4. The van der Waals surface area contributed by atoms with Crippen molar-refractivity contribution in [3.05, 3.63) is 99.1 Å². The molecule has 4 rings (SSSR count). The molecule has 1 saturated heterocycles. The van der Waals surface area contributed by atoms with E-state index in [-0.39, 0.29) is 11.3 Å². The molecule has 1 unspecified atom stereocenters. The SMILES string of the molecule is COc1ccccc1C1/C(=C(\O)c2cc(C)ccc2C)C(=O)C(=O)N1c1ccc(C)c(Cl)c1. The minimum absolute atomic E-state index is 0.00916. The number of ketones is 1. The Morgan fingerprint density at radius 2 is 1.67 bits per heavy atom. The van der Waals surface area contributed by atoms with E-state index in [9.17, 15) is 14.7 Å². The number of benzene rings is 3. The van der Waals surface area contributed by atoms with Crippen molar-refractivity contribution in [1.29, 1.82) is 0 Å². The van der Waals surface area contributed by atoms with Crippen molar-refractivity contribution < 1.29 is 19.4 Å². The lowest BCUT2D eigenvalue weighted by atomic mass is 9.92. The maximum absolute atomic E-state index is 13.4. The summed E-state index contributed by atoms with van der Waals surface area (Å²) in [4.78, 5) is 28.1. The number of aliphatic hydroxyl groups is 1. The van der Waals surface area contributed by atoms with Crippen molar-refractivity contribution in [2.75, 3.05) is 12.0 Å². The molecule has 0 aromatic heterocycles. The molecular formula is C27H24ClNO4. The monoisotopic (exact) mass is 461 g/mol. The Balaban J connectivity index is 2.03. The average molecular weight is 462 g/mol. The van der Waals surface area contributed by atoms with E-state index < -0.39 is 17.7 Å². The molecule has 5 nitrogen and oxygen atoms in total. The second-order valence-electron chi connectivity index (χ2n) is 8.16. The Morgan fingerprint density at radius 3 is 2.36 bits per heavy atom. The molecular weight excluding hydrogens is 438 g/mol. The number of hydrogen-bond donors (Lipinski definition) is 1. The van der Waals surface area contributed by atoms with Gasteiger partial charge in [-0.1, -0.05) is 53.6 Å². The smallest absolute Gasteiger partial charge is 0.300 e. The highest BCUT2D eigenvalue weighted by Gasteiger charge is 2.48. The fraction of sp³-hybridized carbons (Fsp3) is 0.185. The van der Waals surface area contributed by atoms with Crippen LogP contribution in [0.1, 0.15) is 33.9 Å². The molecule has 1 amide bonds. The maximum Gasteiger partial charge on any atom is 0.300 e. The highest BCUT2D eigenvalue weighted by atomic mass is 35.5. The minimum atomic E-state index is -0.889. The first kappa shape index (κ1) is 22.6. The highest BCUT2D eigenvalue weighted by molar-refractivity contribution is 6.52. The number of aliphatic hydroxyl groups excluding tert-OH is 1. The van der Waals surface area contributed by atoms with Crippen LogP contribution in [0.5, 0.6) is 5.75 Å². The maximum atomic E-state index is 13.4. The third-order valence-corrected chi connectivity index (χ3v) is 6.37. The largest absolute Gasteiger partial charge is 0.507 e. The summed E-state index contributed by atoms with van der Waals surface area (Å²) in [6.45, 7) is 5.61. The second kappa shape index (κ2) is 8.75. The molecule has 1 aliphatic rings. The number of amides is 1. The fourth-order valence-electron chi connectivity index (χ4n) is 4.15. The molecule has 1 N–H and O–H groups in total. The van der Waals surface area contributed by atoms with Gasteiger partial charge >= 0.3 is 0 Å². The number of anilines is 1. The van der Waals surface area contributed by atoms with Crippen molar-refractivity contribution in [3.8, 4) is 5.75 Å². The van der Waals surface area contributed by atoms with Gasteiger partial charge in [-0.25, -0.2) is 0 Å². The van der Waals surface area contributed by atoms with Gasteiger partial charge in [-0.05, 0) is 56.2 Å². The third kappa shape index (κ3) is 3.89. The van der Waals surface area contributed by atoms with Gasteiger partial charge in [0.05, 0.1) is 18.7 Å². The van der Waals surface area contributed by atoms with Gasteiger partial charge in [0.1, 0.15) is 11.5 Å². The summed E-state index contributed by atoms with van der Waals surface area (Å²) < 4.78 is 5.55. The molecule has 1 atom stereocenters. The molecule has 3 aromatic carbocycles. The normalized spacial score (nSPS) is 17.5. The summed E-state index contributed by atoms with van der Waals surface area (Å²) in [5, 5.41) is 11.9. The van der Waals surface area contributed by atoms with Crippen LogP contribution >= 0.6 is 11.6 Å². The molecule has 1 fully saturated rings. The second-order valence-corrected chi connectivity index (χ2v) is 8.57. The zero-order chi connectivity index (χ0) is 23.9.